The van der Waals surface area contributed by atoms with Gasteiger partial charge < -0.3 is 14.8 Å². The quantitative estimate of drug-likeness (QED) is 0.839. The van der Waals surface area contributed by atoms with Crippen molar-refractivity contribution in [3.63, 3.8) is 0 Å². The van der Waals surface area contributed by atoms with Crippen molar-refractivity contribution in [2.45, 2.75) is 26.4 Å². The summed E-state index contributed by atoms with van der Waals surface area (Å²) >= 11 is 1.43. The Balaban J connectivity index is 1.82. The van der Waals surface area contributed by atoms with Gasteiger partial charge in [-0.3, -0.25) is 0 Å². The molecule has 0 saturated carbocycles. The van der Waals surface area contributed by atoms with E-state index in [0.717, 1.165) is 17.1 Å². The van der Waals surface area contributed by atoms with Crippen LogP contribution in [0.5, 0.6) is 0 Å². The van der Waals surface area contributed by atoms with Gasteiger partial charge in [0.05, 0.1) is 18.3 Å². The number of carbonyl (C=O) groups is 1. The highest BCUT2D eigenvalue weighted by atomic mass is 32.1. The number of aromatic carboxylic acids is 1. The number of carboxylic acids is 1. The average Bonchev–Trinajstić information content (AvgIpc) is 2.97. The molecule has 0 aromatic carbocycles. The van der Waals surface area contributed by atoms with E-state index >= 15 is 0 Å². The lowest BCUT2D eigenvalue weighted by atomic mass is 10.3. The molecule has 18 heavy (non-hydrogen) atoms. The molecule has 0 fully saturated rings. The molecule has 2 heterocycles. The number of carboxylic acid groups (broad SMARTS) is 1. The van der Waals surface area contributed by atoms with Crippen LogP contribution in [0.1, 0.15) is 33.8 Å². The number of thiophene rings is 1. The van der Waals surface area contributed by atoms with E-state index in [1.54, 1.807) is 17.6 Å². The molecule has 0 amide bonds. The lowest BCUT2D eigenvalue weighted by Crippen LogP contribution is -2.11. The van der Waals surface area contributed by atoms with E-state index in [1.165, 1.54) is 11.3 Å². The van der Waals surface area contributed by atoms with Crippen LogP contribution in [0.15, 0.2) is 22.1 Å². The summed E-state index contributed by atoms with van der Waals surface area (Å²) in [5.74, 6) is 0.635. The van der Waals surface area contributed by atoms with Gasteiger partial charge in [-0.2, -0.15) is 0 Å². The fourth-order valence-corrected chi connectivity index (χ4v) is 2.30. The normalized spacial score (nSPS) is 10.7. The molecule has 5 nitrogen and oxygen atoms in total. The number of rotatable bonds is 6. The summed E-state index contributed by atoms with van der Waals surface area (Å²) in [6.45, 7) is 3.17. The Bertz CT molecular complexity index is 533. The molecule has 0 aliphatic rings. The summed E-state index contributed by atoms with van der Waals surface area (Å²) in [6, 6.07) is 1.67. The lowest BCUT2D eigenvalue weighted by molar-refractivity contribution is 0.0697. The molecule has 0 spiro atoms. The van der Waals surface area contributed by atoms with Gasteiger partial charge in [0, 0.05) is 23.2 Å². The number of nitrogens with zero attached hydrogens (tertiary/aromatic N) is 1. The minimum absolute atomic E-state index is 0.334. The number of aromatic nitrogens is 1. The first-order valence-corrected chi connectivity index (χ1v) is 6.52. The fourth-order valence-electron chi connectivity index (χ4n) is 1.47. The molecule has 0 aliphatic carbocycles. The Hall–Kier alpha value is -1.66. The van der Waals surface area contributed by atoms with Crippen LogP contribution in [0.2, 0.25) is 0 Å². The number of aryl methyl sites for hydroxylation is 1. The number of hydrogen-bond acceptors (Lipinski definition) is 5. The van der Waals surface area contributed by atoms with Crippen LogP contribution in [0.3, 0.4) is 0 Å². The van der Waals surface area contributed by atoms with Gasteiger partial charge >= 0.3 is 5.97 Å². The maximum atomic E-state index is 10.7. The summed E-state index contributed by atoms with van der Waals surface area (Å²) in [5.41, 5.74) is 0.334. The van der Waals surface area contributed by atoms with Gasteiger partial charge in [-0.15, -0.1) is 11.3 Å². The predicted octanol–water partition coefficient (Wildman–Crippen LogP) is 2.29. The minimum Gasteiger partial charge on any atom is -0.478 e. The van der Waals surface area contributed by atoms with E-state index in [2.05, 4.69) is 10.3 Å². The average molecular weight is 266 g/mol. The van der Waals surface area contributed by atoms with E-state index in [1.807, 2.05) is 6.92 Å². The SMILES string of the molecule is CCc1cnc(CNCc2cc(C(=O)O)cs2)o1. The molecule has 0 aliphatic heterocycles. The summed E-state index contributed by atoms with van der Waals surface area (Å²) in [6.07, 6.45) is 2.56. The van der Waals surface area contributed by atoms with Crippen LogP contribution in [0.4, 0.5) is 0 Å². The first kappa shape index (κ1) is 12.8. The Labute approximate surface area is 108 Å². The van der Waals surface area contributed by atoms with Crippen LogP contribution in [0.25, 0.3) is 0 Å². The van der Waals surface area contributed by atoms with E-state index in [0.29, 0.717) is 24.5 Å². The van der Waals surface area contributed by atoms with Gasteiger partial charge in [-0.1, -0.05) is 6.92 Å². The van der Waals surface area contributed by atoms with E-state index in [4.69, 9.17) is 9.52 Å². The molecule has 2 aromatic heterocycles. The van der Waals surface area contributed by atoms with Crippen molar-refractivity contribution < 1.29 is 14.3 Å². The molecule has 0 atom stereocenters. The minimum atomic E-state index is -0.891. The lowest BCUT2D eigenvalue weighted by Gasteiger charge is -1.98. The molecular formula is C12H14N2O3S. The molecular weight excluding hydrogens is 252 g/mol. The van der Waals surface area contributed by atoms with Crippen molar-refractivity contribution >= 4 is 17.3 Å². The fraction of sp³-hybridized carbons (Fsp3) is 0.333. The first-order valence-electron chi connectivity index (χ1n) is 5.64. The van der Waals surface area contributed by atoms with E-state index in [9.17, 15) is 4.79 Å². The van der Waals surface area contributed by atoms with E-state index in [-0.39, 0.29) is 0 Å². The number of hydrogen-bond donors (Lipinski definition) is 2. The third kappa shape index (κ3) is 3.18. The standard InChI is InChI=1S/C12H14N2O3S/c1-2-9-4-14-11(17-9)6-13-5-10-3-8(7-18-10)12(15)16/h3-4,7,13H,2,5-6H2,1H3,(H,15,16). The van der Waals surface area contributed by atoms with Gasteiger partial charge in [0.2, 0.25) is 5.89 Å². The third-order valence-electron chi connectivity index (χ3n) is 2.43. The van der Waals surface area contributed by atoms with Gasteiger partial charge in [-0.25, -0.2) is 9.78 Å². The second-order valence-corrected chi connectivity index (χ2v) is 4.78. The zero-order valence-electron chi connectivity index (χ0n) is 9.97. The van der Waals surface area contributed by atoms with Crippen molar-refractivity contribution in [2.75, 3.05) is 0 Å². The van der Waals surface area contributed by atoms with Crippen LogP contribution >= 0.6 is 11.3 Å². The van der Waals surface area contributed by atoms with E-state index < -0.39 is 5.97 Å². The number of nitrogens with one attached hydrogen (secondary N) is 1. The Kier molecular flexibility index (Phi) is 4.11. The van der Waals surface area contributed by atoms with Crippen LogP contribution < -0.4 is 5.32 Å². The first-order chi connectivity index (χ1) is 8.69. The largest absolute Gasteiger partial charge is 0.478 e. The molecule has 0 saturated heterocycles. The molecule has 0 bridgehead atoms. The summed E-state index contributed by atoms with van der Waals surface area (Å²) in [4.78, 5) is 15.8. The Morgan fingerprint density at radius 2 is 2.39 bits per heavy atom. The van der Waals surface area contributed by atoms with Gasteiger partial charge in [0.1, 0.15) is 5.76 Å². The highest BCUT2D eigenvalue weighted by Crippen LogP contribution is 2.14. The number of oxazole rings is 1. The van der Waals surface area contributed by atoms with Crippen molar-refractivity contribution in [3.05, 3.63) is 39.7 Å². The maximum Gasteiger partial charge on any atom is 0.336 e. The van der Waals surface area contributed by atoms with Gasteiger partial charge in [0.15, 0.2) is 0 Å². The zero-order chi connectivity index (χ0) is 13.0. The van der Waals surface area contributed by atoms with Crippen LogP contribution in [0, 0.1) is 0 Å². The Morgan fingerprint density at radius 1 is 1.56 bits per heavy atom. The third-order valence-corrected chi connectivity index (χ3v) is 3.36. The Morgan fingerprint density at radius 3 is 3.00 bits per heavy atom. The monoisotopic (exact) mass is 266 g/mol. The topological polar surface area (TPSA) is 75.4 Å². The van der Waals surface area contributed by atoms with Gasteiger partial charge in [-0.05, 0) is 6.07 Å². The molecule has 2 rings (SSSR count). The summed E-state index contributed by atoms with van der Waals surface area (Å²) in [7, 11) is 0. The van der Waals surface area contributed by atoms with Crippen molar-refractivity contribution in [3.8, 4) is 0 Å². The van der Waals surface area contributed by atoms with Gasteiger partial charge in [0.25, 0.3) is 0 Å². The highest BCUT2D eigenvalue weighted by molar-refractivity contribution is 7.10. The molecule has 2 N–H and O–H groups in total. The highest BCUT2D eigenvalue weighted by Gasteiger charge is 2.07. The zero-order valence-corrected chi connectivity index (χ0v) is 10.8. The maximum absolute atomic E-state index is 10.7. The molecule has 0 unspecified atom stereocenters. The summed E-state index contributed by atoms with van der Waals surface area (Å²) < 4.78 is 5.45. The molecule has 0 radical (unpaired) electrons. The van der Waals surface area contributed by atoms with Crippen molar-refractivity contribution in [2.24, 2.45) is 0 Å². The van der Waals surface area contributed by atoms with Crippen molar-refractivity contribution in [1.82, 2.24) is 10.3 Å². The van der Waals surface area contributed by atoms with Crippen LogP contribution in [-0.4, -0.2) is 16.1 Å². The molecule has 2 aromatic rings. The molecule has 6 heteroatoms. The van der Waals surface area contributed by atoms with Crippen molar-refractivity contribution in [1.29, 1.82) is 0 Å². The second kappa shape index (κ2) is 5.79. The second-order valence-electron chi connectivity index (χ2n) is 3.78. The molecule has 96 valence electrons. The van der Waals surface area contributed by atoms with Crippen LogP contribution in [-0.2, 0) is 19.5 Å². The predicted molar refractivity (Wildman–Crippen MR) is 67.7 cm³/mol. The summed E-state index contributed by atoms with van der Waals surface area (Å²) in [5, 5.41) is 13.6. The smallest absolute Gasteiger partial charge is 0.336 e.